The van der Waals surface area contributed by atoms with E-state index in [-0.39, 0.29) is 35.2 Å². The van der Waals surface area contributed by atoms with Crippen molar-refractivity contribution in [3.8, 4) is 0 Å². The molecule has 2 saturated carbocycles. The zero-order valence-corrected chi connectivity index (χ0v) is 18.5. The highest BCUT2D eigenvalue weighted by molar-refractivity contribution is 14.0. The van der Waals surface area contributed by atoms with E-state index in [9.17, 15) is 4.39 Å². The molecule has 3 aliphatic rings. The van der Waals surface area contributed by atoms with Gasteiger partial charge < -0.3 is 15.5 Å². The molecule has 1 atom stereocenters. The summed E-state index contributed by atoms with van der Waals surface area (Å²) < 4.78 is 14.2. The fourth-order valence-electron chi connectivity index (χ4n) is 4.17. The summed E-state index contributed by atoms with van der Waals surface area (Å²) in [4.78, 5) is 7.45. The van der Waals surface area contributed by atoms with Crippen LogP contribution in [-0.4, -0.2) is 49.6 Å². The molecule has 0 amide bonds. The molecule has 150 valence electrons. The van der Waals surface area contributed by atoms with E-state index in [2.05, 4.69) is 22.5 Å². The lowest BCUT2D eigenvalue weighted by Gasteiger charge is -2.18. The Bertz CT molecular complexity index is 657. The van der Waals surface area contributed by atoms with Gasteiger partial charge in [-0.25, -0.2) is 4.39 Å². The van der Waals surface area contributed by atoms with Crippen molar-refractivity contribution in [2.45, 2.75) is 50.5 Å². The summed E-state index contributed by atoms with van der Waals surface area (Å²) in [6.07, 6.45) is 6.11. The number of nitrogens with zero attached hydrogens (tertiary/aromatic N) is 2. The van der Waals surface area contributed by atoms with Crippen LogP contribution >= 0.6 is 24.0 Å². The van der Waals surface area contributed by atoms with E-state index in [1.807, 2.05) is 12.1 Å². The maximum atomic E-state index is 14.2. The summed E-state index contributed by atoms with van der Waals surface area (Å²) >= 11 is 0. The number of halogens is 2. The SMILES string of the molecule is CCNC(=NCC1(c2ccccc2F)CC1)NCC1CCN(C2CC2)C1.I. The standard InChI is InChI=1S/C21H31FN4.HI/c1-2-23-20(24-13-16-9-12-26(14-16)17-7-8-17)25-15-21(10-11-21)18-5-3-4-6-19(18)22;/h3-6,16-17H,2,7-15H2,1H3,(H2,23,24,25);1H. The van der Waals surface area contributed by atoms with Crippen molar-refractivity contribution in [3.05, 3.63) is 35.6 Å². The van der Waals surface area contributed by atoms with Crippen molar-refractivity contribution in [3.63, 3.8) is 0 Å². The van der Waals surface area contributed by atoms with Crippen LogP contribution in [0.1, 0.15) is 44.6 Å². The van der Waals surface area contributed by atoms with Crippen LogP contribution in [0.2, 0.25) is 0 Å². The monoisotopic (exact) mass is 486 g/mol. The molecule has 1 heterocycles. The molecular formula is C21H32FIN4. The van der Waals surface area contributed by atoms with Gasteiger partial charge in [-0.15, -0.1) is 24.0 Å². The van der Waals surface area contributed by atoms with E-state index < -0.39 is 0 Å². The maximum Gasteiger partial charge on any atom is 0.191 e. The minimum atomic E-state index is -0.0934. The molecule has 1 aromatic rings. The second-order valence-electron chi connectivity index (χ2n) is 8.22. The van der Waals surface area contributed by atoms with E-state index >= 15 is 0 Å². The quantitative estimate of drug-likeness (QED) is 0.352. The summed E-state index contributed by atoms with van der Waals surface area (Å²) in [6.45, 7) is 7.03. The molecular weight excluding hydrogens is 454 g/mol. The van der Waals surface area contributed by atoms with Crippen molar-refractivity contribution in [1.29, 1.82) is 0 Å². The zero-order valence-electron chi connectivity index (χ0n) is 16.2. The number of nitrogens with one attached hydrogen (secondary N) is 2. The average Bonchev–Trinajstić information content (AvgIpc) is 3.58. The normalized spacial score (nSPS) is 24.4. The number of guanidine groups is 1. The number of hydrogen-bond donors (Lipinski definition) is 2. The molecule has 4 nitrogen and oxygen atoms in total. The molecule has 1 aromatic carbocycles. The highest BCUT2D eigenvalue weighted by Crippen LogP contribution is 2.49. The Morgan fingerprint density at radius 1 is 1.22 bits per heavy atom. The van der Waals surface area contributed by atoms with E-state index in [1.54, 1.807) is 12.1 Å². The van der Waals surface area contributed by atoms with Gasteiger partial charge in [0.1, 0.15) is 5.82 Å². The second-order valence-corrected chi connectivity index (χ2v) is 8.22. The molecule has 0 spiro atoms. The van der Waals surface area contributed by atoms with Crippen LogP contribution in [0.25, 0.3) is 0 Å². The van der Waals surface area contributed by atoms with Gasteiger partial charge in [-0.3, -0.25) is 4.99 Å². The summed E-state index contributed by atoms with van der Waals surface area (Å²) in [5, 5.41) is 6.88. The van der Waals surface area contributed by atoms with Crippen molar-refractivity contribution in [2.24, 2.45) is 10.9 Å². The van der Waals surface area contributed by atoms with Crippen LogP contribution in [0.4, 0.5) is 4.39 Å². The Labute approximate surface area is 179 Å². The van der Waals surface area contributed by atoms with Gasteiger partial charge in [-0.2, -0.15) is 0 Å². The summed E-state index contributed by atoms with van der Waals surface area (Å²) in [5.74, 6) is 1.49. The Morgan fingerprint density at radius 3 is 2.67 bits per heavy atom. The topological polar surface area (TPSA) is 39.7 Å². The summed E-state index contributed by atoms with van der Waals surface area (Å²) in [7, 11) is 0. The van der Waals surface area contributed by atoms with Crippen LogP contribution < -0.4 is 10.6 Å². The van der Waals surface area contributed by atoms with Gasteiger partial charge in [0.25, 0.3) is 0 Å². The van der Waals surface area contributed by atoms with Crippen molar-refractivity contribution >= 4 is 29.9 Å². The molecule has 1 aliphatic heterocycles. The van der Waals surface area contributed by atoms with Gasteiger partial charge in [0.15, 0.2) is 5.96 Å². The Balaban J connectivity index is 0.00000210. The molecule has 4 rings (SSSR count). The summed E-state index contributed by atoms with van der Waals surface area (Å²) in [5.41, 5.74) is 0.736. The molecule has 3 fully saturated rings. The molecule has 0 aromatic heterocycles. The van der Waals surface area contributed by atoms with Crippen LogP contribution in [0, 0.1) is 11.7 Å². The third kappa shape index (κ3) is 5.13. The van der Waals surface area contributed by atoms with Crippen molar-refractivity contribution < 1.29 is 4.39 Å². The van der Waals surface area contributed by atoms with E-state index in [0.29, 0.717) is 12.5 Å². The minimum Gasteiger partial charge on any atom is -0.357 e. The lowest BCUT2D eigenvalue weighted by molar-refractivity contribution is 0.314. The first-order chi connectivity index (χ1) is 12.7. The predicted octanol–water partition coefficient (Wildman–Crippen LogP) is 3.51. The van der Waals surface area contributed by atoms with Gasteiger partial charge in [0.2, 0.25) is 0 Å². The second kappa shape index (κ2) is 9.07. The van der Waals surface area contributed by atoms with Crippen LogP contribution in [-0.2, 0) is 5.41 Å². The van der Waals surface area contributed by atoms with Gasteiger partial charge in [-0.1, -0.05) is 18.2 Å². The molecule has 1 unspecified atom stereocenters. The van der Waals surface area contributed by atoms with Gasteiger partial charge in [0.05, 0.1) is 6.54 Å². The van der Waals surface area contributed by atoms with E-state index in [1.165, 1.54) is 32.4 Å². The number of rotatable bonds is 7. The zero-order chi connectivity index (χ0) is 18.0. The summed E-state index contributed by atoms with van der Waals surface area (Å²) in [6, 6.07) is 8.04. The molecule has 6 heteroatoms. The van der Waals surface area contributed by atoms with Crippen LogP contribution in [0.5, 0.6) is 0 Å². The van der Waals surface area contributed by atoms with Gasteiger partial charge in [0, 0.05) is 31.1 Å². The van der Waals surface area contributed by atoms with Gasteiger partial charge >= 0.3 is 0 Å². The van der Waals surface area contributed by atoms with Crippen molar-refractivity contribution in [1.82, 2.24) is 15.5 Å². The maximum absolute atomic E-state index is 14.2. The highest BCUT2D eigenvalue weighted by Gasteiger charge is 2.45. The number of hydrogen-bond acceptors (Lipinski definition) is 2. The lowest BCUT2D eigenvalue weighted by atomic mass is 9.95. The van der Waals surface area contributed by atoms with Crippen LogP contribution in [0.15, 0.2) is 29.3 Å². The first-order valence-electron chi connectivity index (χ1n) is 10.2. The largest absolute Gasteiger partial charge is 0.357 e. The smallest absolute Gasteiger partial charge is 0.191 e. The third-order valence-electron chi connectivity index (χ3n) is 6.12. The Hall–Kier alpha value is -0.890. The first-order valence-corrected chi connectivity index (χ1v) is 10.2. The fourth-order valence-corrected chi connectivity index (χ4v) is 4.17. The molecule has 1 saturated heterocycles. The van der Waals surface area contributed by atoms with Crippen LogP contribution in [0.3, 0.4) is 0 Å². The minimum absolute atomic E-state index is 0. The predicted molar refractivity (Wildman–Crippen MR) is 119 cm³/mol. The molecule has 2 N–H and O–H groups in total. The average molecular weight is 486 g/mol. The number of benzene rings is 1. The first kappa shape index (κ1) is 20.8. The fraction of sp³-hybridized carbons (Fsp3) is 0.667. The molecule has 2 aliphatic carbocycles. The third-order valence-corrected chi connectivity index (χ3v) is 6.12. The number of aliphatic imine (C=N–C) groups is 1. The lowest BCUT2D eigenvalue weighted by Crippen LogP contribution is -2.41. The molecule has 0 radical (unpaired) electrons. The highest BCUT2D eigenvalue weighted by atomic mass is 127. The Kier molecular flexibility index (Phi) is 7.00. The number of likely N-dealkylation sites (tertiary alicyclic amines) is 1. The molecule has 0 bridgehead atoms. The Morgan fingerprint density at radius 2 is 2.00 bits per heavy atom. The van der Waals surface area contributed by atoms with E-state index in [4.69, 9.17) is 4.99 Å². The van der Waals surface area contributed by atoms with Crippen molar-refractivity contribution in [2.75, 3.05) is 32.7 Å². The van der Waals surface area contributed by atoms with E-state index in [0.717, 1.165) is 43.5 Å². The van der Waals surface area contributed by atoms with Gasteiger partial charge in [-0.05, 0) is 63.1 Å². The molecule has 27 heavy (non-hydrogen) atoms.